The SMILES string of the molecule is F.O=C(Nc1nnco1)N1CCC(Cl)=C(Cl)C1.c1ccccc1. The van der Waals surface area contributed by atoms with Crippen LogP contribution in [0.4, 0.5) is 15.5 Å². The monoisotopic (exact) mass is 360 g/mol. The molecule has 3 rings (SSSR count). The molecule has 2 heterocycles. The highest BCUT2D eigenvalue weighted by Gasteiger charge is 2.21. The molecule has 6 nitrogen and oxygen atoms in total. The number of nitrogens with zero attached hydrogens (tertiary/aromatic N) is 3. The van der Waals surface area contributed by atoms with E-state index in [0.29, 0.717) is 29.6 Å². The first-order chi connectivity index (χ1) is 10.7. The first-order valence-corrected chi connectivity index (χ1v) is 7.27. The van der Waals surface area contributed by atoms with Crippen molar-refractivity contribution < 1.29 is 13.9 Å². The normalized spacial score (nSPS) is 13.6. The van der Waals surface area contributed by atoms with Crippen LogP contribution in [0.2, 0.25) is 0 Å². The molecule has 0 radical (unpaired) electrons. The molecular formula is C14H15Cl2FN4O2. The zero-order valence-corrected chi connectivity index (χ0v) is 13.5. The molecule has 0 aliphatic carbocycles. The maximum atomic E-state index is 11.7. The fourth-order valence-corrected chi connectivity index (χ4v) is 2.04. The quantitative estimate of drug-likeness (QED) is 0.838. The predicted molar refractivity (Wildman–Crippen MR) is 87.2 cm³/mol. The van der Waals surface area contributed by atoms with Crippen LogP contribution in [0.25, 0.3) is 0 Å². The van der Waals surface area contributed by atoms with Crippen LogP contribution in [-0.2, 0) is 0 Å². The molecule has 0 spiro atoms. The highest BCUT2D eigenvalue weighted by molar-refractivity contribution is 6.39. The van der Waals surface area contributed by atoms with Crippen molar-refractivity contribution in [3.05, 3.63) is 52.9 Å². The molecule has 2 amide bonds. The summed E-state index contributed by atoms with van der Waals surface area (Å²) in [5.74, 6) is 0. The highest BCUT2D eigenvalue weighted by atomic mass is 35.5. The average molecular weight is 361 g/mol. The Kier molecular flexibility index (Phi) is 8.07. The maximum Gasteiger partial charge on any atom is 0.325 e. The van der Waals surface area contributed by atoms with Crippen molar-refractivity contribution in [3.8, 4) is 0 Å². The number of carbonyl (C=O) groups excluding carboxylic acids is 1. The van der Waals surface area contributed by atoms with Crippen LogP contribution in [-0.4, -0.2) is 34.2 Å². The van der Waals surface area contributed by atoms with Crippen LogP contribution in [0.15, 0.2) is 57.3 Å². The van der Waals surface area contributed by atoms with Gasteiger partial charge in [-0.05, 0) is 0 Å². The summed E-state index contributed by atoms with van der Waals surface area (Å²) in [6, 6.07) is 11.7. The summed E-state index contributed by atoms with van der Waals surface area (Å²) in [4.78, 5) is 13.2. The first kappa shape index (κ1) is 18.9. The van der Waals surface area contributed by atoms with Gasteiger partial charge in [0.15, 0.2) is 0 Å². The lowest BCUT2D eigenvalue weighted by molar-refractivity contribution is 0.215. The minimum absolute atomic E-state index is 0. The number of amides is 2. The van der Waals surface area contributed by atoms with E-state index in [1.807, 2.05) is 36.4 Å². The van der Waals surface area contributed by atoms with Gasteiger partial charge in [-0.1, -0.05) is 64.7 Å². The minimum atomic E-state index is -0.341. The van der Waals surface area contributed by atoms with Gasteiger partial charge >= 0.3 is 12.0 Å². The molecule has 0 bridgehead atoms. The second kappa shape index (κ2) is 9.81. The van der Waals surface area contributed by atoms with Crippen LogP contribution >= 0.6 is 23.2 Å². The van der Waals surface area contributed by atoms with Crippen molar-refractivity contribution in [2.24, 2.45) is 0 Å². The van der Waals surface area contributed by atoms with Gasteiger partial charge in [0, 0.05) is 18.0 Å². The highest BCUT2D eigenvalue weighted by Crippen LogP contribution is 2.24. The van der Waals surface area contributed by atoms with E-state index >= 15 is 0 Å². The van der Waals surface area contributed by atoms with Gasteiger partial charge in [-0.2, -0.15) is 0 Å². The van der Waals surface area contributed by atoms with Crippen LogP contribution in [0, 0.1) is 0 Å². The van der Waals surface area contributed by atoms with E-state index in [1.54, 1.807) is 0 Å². The summed E-state index contributed by atoms with van der Waals surface area (Å²) in [6.07, 6.45) is 1.69. The summed E-state index contributed by atoms with van der Waals surface area (Å²) in [5, 5.41) is 10.5. The molecule has 124 valence electrons. The molecule has 1 aliphatic heterocycles. The fraction of sp³-hybridized carbons (Fsp3) is 0.214. The smallest absolute Gasteiger partial charge is 0.325 e. The van der Waals surface area contributed by atoms with E-state index in [0.717, 1.165) is 6.39 Å². The summed E-state index contributed by atoms with van der Waals surface area (Å²) in [6.45, 7) is 0.801. The third-order valence-corrected chi connectivity index (χ3v) is 3.61. The van der Waals surface area contributed by atoms with Gasteiger partial charge in [-0.15, -0.1) is 5.10 Å². The summed E-state index contributed by atoms with van der Waals surface area (Å²) in [7, 11) is 0. The zero-order chi connectivity index (χ0) is 15.8. The first-order valence-electron chi connectivity index (χ1n) is 6.52. The Morgan fingerprint density at radius 1 is 1.13 bits per heavy atom. The van der Waals surface area contributed by atoms with Crippen LogP contribution in [0.3, 0.4) is 0 Å². The van der Waals surface area contributed by atoms with Crippen molar-refractivity contribution in [2.75, 3.05) is 18.4 Å². The Balaban J connectivity index is 0.000000320. The molecule has 1 aliphatic rings. The average Bonchev–Trinajstić information content (AvgIpc) is 3.05. The van der Waals surface area contributed by atoms with Crippen molar-refractivity contribution in [3.63, 3.8) is 0 Å². The number of rotatable bonds is 1. The zero-order valence-electron chi connectivity index (χ0n) is 12.0. The van der Waals surface area contributed by atoms with E-state index < -0.39 is 0 Å². The molecule has 1 aromatic heterocycles. The maximum absolute atomic E-state index is 11.7. The lowest BCUT2D eigenvalue weighted by atomic mass is 10.2. The van der Waals surface area contributed by atoms with Crippen molar-refractivity contribution in [1.82, 2.24) is 15.1 Å². The van der Waals surface area contributed by atoms with Crippen LogP contribution < -0.4 is 5.32 Å². The molecule has 9 heteroatoms. The van der Waals surface area contributed by atoms with Gasteiger partial charge in [0.05, 0.1) is 11.6 Å². The molecule has 23 heavy (non-hydrogen) atoms. The van der Waals surface area contributed by atoms with E-state index in [4.69, 9.17) is 27.6 Å². The van der Waals surface area contributed by atoms with Crippen LogP contribution in [0.5, 0.6) is 0 Å². The Morgan fingerprint density at radius 3 is 2.22 bits per heavy atom. The van der Waals surface area contributed by atoms with Crippen molar-refractivity contribution in [1.29, 1.82) is 0 Å². The van der Waals surface area contributed by atoms with E-state index in [9.17, 15) is 4.79 Å². The number of carbonyl (C=O) groups is 1. The number of anilines is 1. The number of urea groups is 1. The van der Waals surface area contributed by atoms with Gasteiger partial charge < -0.3 is 9.32 Å². The molecular weight excluding hydrogens is 346 g/mol. The number of halogens is 3. The Morgan fingerprint density at radius 2 is 1.74 bits per heavy atom. The van der Waals surface area contributed by atoms with Crippen molar-refractivity contribution in [2.45, 2.75) is 6.42 Å². The molecule has 0 saturated carbocycles. The molecule has 1 aromatic carbocycles. The van der Waals surface area contributed by atoms with Gasteiger partial charge in [0.2, 0.25) is 6.39 Å². The minimum Gasteiger partial charge on any atom is -0.411 e. The standard InChI is InChI=1S/C8H8Cl2N4O2.C6H6.FH/c9-5-1-2-14(3-6(5)10)8(15)12-7-13-11-4-16-7;1-2-4-6-5-3-1;/h4H,1-3H2,(H,12,13,15);1-6H;1H. The Labute approximate surface area is 142 Å². The predicted octanol–water partition coefficient (Wildman–Crippen LogP) is 3.84. The third kappa shape index (κ3) is 6.25. The van der Waals surface area contributed by atoms with Gasteiger partial charge in [-0.3, -0.25) is 10.0 Å². The Bertz CT molecular complexity index is 596. The summed E-state index contributed by atoms with van der Waals surface area (Å²) in [5.41, 5.74) is 0. The van der Waals surface area contributed by atoms with Crippen LogP contribution in [0.1, 0.15) is 6.42 Å². The second-order valence-corrected chi connectivity index (χ2v) is 5.22. The van der Waals surface area contributed by atoms with Gasteiger partial charge in [-0.25, -0.2) is 4.79 Å². The largest absolute Gasteiger partial charge is 0.411 e. The van der Waals surface area contributed by atoms with Crippen molar-refractivity contribution >= 4 is 35.2 Å². The molecule has 1 N–H and O–H groups in total. The van der Waals surface area contributed by atoms with Gasteiger partial charge in [0.1, 0.15) is 0 Å². The van der Waals surface area contributed by atoms with E-state index in [2.05, 4.69) is 15.5 Å². The molecule has 2 aromatic rings. The Hall–Kier alpha value is -2.12. The number of aromatic nitrogens is 2. The van der Waals surface area contributed by atoms with E-state index in [1.165, 1.54) is 4.90 Å². The number of benzene rings is 1. The van der Waals surface area contributed by atoms with Gasteiger partial charge in [0.25, 0.3) is 0 Å². The molecule has 0 unspecified atom stereocenters. The summed E-state index contributed by atoms with van der Waals surface area (Å²) < 4.78 is 4.79. The lowest BCUT2D eigenvalue weighted by Gasteiger charge is -2.26. The number of hydrogen-bond acceptors (Lipinski definition) is 4. The summed E-state index contributed by atoms with van der Waals surface area (Å²) >= 11 is 11.7. The second-order valence-electron chi connectivity index (χ2n) is 4.31. The number of hydrogen-bond donors (Lipinski definition) is 1. The van der Waals surface area contributed by atoms with E-state index in [-0.39, 0.29) is 16.8 Å². The fourth-order valence-electron chi connectivity index (χ4n) is 1.66. The molecule has 0 fully saturated rings. The lowest BCUT2D eigenvalue weighted by Crippen LogP contribution is -2.38. The molecule has 0 atom stereocenters. The number of nitrogens with one attached hydrogen (secondary N) is 1. The third-order valence-electron chi connectivity index (χ3n) is 2.75. The topological polar surface area (TPSA) is 71.3 Å². The molecule has 0 saturated heterocycles.